The zero-order valence-electron chi connectivity index (χ0n) is 7.10. The zero-order valence-corrected chi connectivity index (χ0v) is 8.00. The monoisotopic (exact) mass is 197 g/mol. The molecule has 0 aliphatic heterocycles. The summed E-state index contributed by atoms with van der Waals surface area (Å²) in [7, 11) is -1.60. The number of aliphatic carboxylic acids is 1. The lowest BCUT2D eigenvalue weighted by atomic mass is 10.4. The smallest absolute Gasteiger partial charge is 0.360 e. The van der Waals surface area contributed by atoms with Gasteiger partial charge in [-0.3, -0.25) is 4.57 Å². The molecule has 0 bridgehead atoms. The van der Waals surface area contributed by atoms with E-state index in [2.05, 4.69) is 9.05 Å². The van der Waals surface area contributed by atoms with Gasteiger partial charge in [0.05, 0.1) is 0 Å². The van der Waals surface area contributed by atoms with E-state index in [0.29, 0.717) is 0 Å². The second-order valence-electron chi connectivity index (χ2n) is 2.32. The number of carboxylic acid groups (broad SMARTS) is 1. The van der Waals surface area contributed by atoms with Crippen LogP contribution in [0.15, 0.2) is 0 Å². The van der Waals surface area contributed by atoms with Gasteiger partial charge in [-0.1, -0.05) is 0 Å². The van der Waals surface area contributed by atoms with Gasteiger partial charge in [0.15, 0.2) is 0 Å². The minimum Gasteiger partial charge on any atom is -0.479 e. The van der Waals surface area contributed by atoms with Crippen molar-refractivity contribution < 1.29 is 23.5 Å². The van der Waals surface area contributed by atoms with Gasteiger partial charge in [-0.2, -0.15) is 0 Å². The van der Waals surface area contributed by atoms with Crippen molar-refractivity contribution in [1.29, 1.82) is 0 Å². The van der Waals surface area contributed by atoms with Crippen molar-refractivity contribution in [2.75, 3.05) is 14.2 Å². The van der Waals surface area contributed by atoms with Gasteiger partial charge < -0.3 is 19.9 Å². The molecule has 0 aliphatic rings. The Morgan fingerprint density at radius 1 is 1.50 bits per heavy atom. The summed E-state index contributed by atoms with van der Waals surface area (Å²) in [4.78, 5) is 10.5. The highest BCUT2D eigenvalue weighted by Gasteiger charge is 2.49. The molecule has 72 valence electrons. The molecule has 0 aromatic rings. The number of carboxylic acids is 1. The fourth-order valence-electron chi connectivity index (χ4n) is 0.571. The van der Waals surface area contributed by atoms with Gasteiger partial charge in [-0.15, -0.1) is 0 Å². The lowest BCUT2D eigenvalue weighted by Crippen LogP contribution is -2.45. The van der Waals surface area contributed by atoms with Crippen molar-refractivity contribution in [2.45, 2.75) is 12.2 Å². The molecule has 6 nitrogen and oxygen atoms in total. The van der Waals surface area contributed by atoms with E-state index in [0.717, 1.165) is 21.1 Å². The molecule has 0 heterocycles. The van der Waals surface area contributed by atoms with Crippen molar-refractivity contribution in [3.05, 3.63) is 0 Å². The van der Waals surface area contributed by atoms with E-state index in [9.17, 15) is 9.36 Å². The van der Waals surface area contributed by atoms with Crippen LogP contribution in [-0.4, -0.2) is 30.6 Å². The van der Waals surface area contributed by atoms with E-state index in [1.807, 2.05) is 0 Å². The number of nitrogens with two attached hydrogens (primary N) is 1. The lowest BCUT2D eigenvalue weighted by Gasteiger charge is -2.26. The average Bonchev–Trinajstić information content (AvgIpc) is 2.02. The Kier molecular flexibility index (Phi) is 3.41. The molecular formula is C5H12NO5P. The van der Waals surface area contributed by atoms with Crippen molar-refractivity contribution in [1.82, 2.24) is 0 Å². The molecule has 12 heavy (non-hydrogen) atoms. The van der Waals surface area contributed by atoms with Crippen LogP contribution in [0.25, 0.3) is 0 Å². The van der Waals surface area contributed by atoms with Crippen LogP contribution in [0.1, 0.15) is 6.92 Å². The van der Waals surface area contributed by atoms with Crippen molar-refractivity contribution in [2.24, 2.45) is 5.73 Å². The highest BCUT2D eigenvalue weighted by Crippen LogP contribution is 2.56. The second kappa shape index (κ2) is 3.53. The largest absolute Gasteiger partial charge is 0.479 e. The number of carbonyl (C=O) groups is 1. The molecule has 1 atom stereocenters. The summed E-state index contributed by atoms with van der Waals surface area (Å²) in [5.41, 5.74) is 5.25. The van der Waals surface area contributed by atoms with Crippen LogP contribution in [0.5, 0.6) is 0 Å². The maximum atomic E-state index is 11.5. The highest BCUT2D eigenvalue weighted by atomic mass is 31.2. The van der Waals surface area contributed by atoms with Gasteiger partial charge in [0, 0.05) is 14.2 Å². The van der Waals surface area contributed by atoms with Gasteiger partial charge in [-0.05, 0) is 6.92 Å². The molecule has 0 radical (unpaired) electrons. The summed E-state index contributed by atoms with van der Waals surface area (Å²) in [6, 6.07) is 0. The maximum Gasteiger partial charge on any atom is 0.360 e. The number of rotatable bonds is 4. The highest BCUT2D eigenvalue weighted by molar-refractivity contribution is 7.56. The maximum absolute atomic E-state index is 11.5. The van der Waals surface area contributed by atoms with Crippen LogP contribution in [-0.2, 0) is 18.4 Å². The van der Waals surface area contributed by atoms with Crippen LogP contribution < -0.4 is 5.73 Å². The van der Waals surface area contributed by atoms with Gasteiger partial charge >= 0.3 is 13.6 Å². The van der Waals surface area contributed by atoms with E-state index in [-0.39, 0.29) is 0 Å². The van der Waals surface area contributed by atoms with Gasteiger partial charge in [0.2, 0.25) is 5.28 Å². The SMILES string of the molecule is COP(=O)(OC)C(C)(N)C(=O)O. The zero-order chi connectivity index (χ0) is 9.99. The van der Waals surface area contributed by atoms with Crippen molar-refractivity contribution in [3.63, 3.8) is 0 Å². The Labute approximate surface area is 70.2 Å². The summed E-state index contributed by atoms with van der Waals surface area (Å²) in [6.45, 7) is 1.07. The molecule has 0 aromatic carbocycles. The molecule has 3 N–H and O–H groups in total. The van der Waals surface area contributed by atoms with Crippen LogP contribution >= 0.6 is 7.60 Å². The summed E-state index contributed by atoms with van der Waals surface area (Å²) < 4.78 is 20.3. The van der Waals surface area contributed by atoms with E-state index in [1.54, 1.807) is 0 Å². The molecule has 0 spiro atoms. The Morgan fingerprint density at radius 2 is 1.83 bits per heavy atom. The molecule has 0 aliphatic carbocycles. The first-order valence-electron chi connectivity index (χ1n) is 3.05. The molecule has 0 amide bonds. The summed E-state index contributed by atoms with van der Waals surface area (Å²) in [6.07, 6.45) is 0. The summed E-state index contributed by atoms with van der Waals surface area (Å²) in [5, 5.41) is 6.56. The number of hydrogen-bond acceptors (Lipinski definition) is 5. The molecule has 7 heteroatoms. The minimum atomic E-state index is -3.76. The Morgan fingerprint density at radius 3 is 1.92 bits per heavy atom. The van der Waals surface area contributed by atoms with Crippen LogP contribution in [0, 0.1) is 0 Å². The van der Waals surface area contributed by atoms with Crippen molar-refractivity contribution >= 4 is 13.6 Å². The molecule has 0 saturated heterocycles. The summed E-state index contributed by atoms with van der Waals surface area (Å²) in [5.74, 6) is -1.44. The standard InChI is InChI=1S/C5H12NO5P/c1-5(6,4(7)8)12(9,10-2)11-3/h6H2,1-3H3,(H,7,8). The van der Waals surface area contributed by atoms with E-state index >= 15 is 0 Å². The topological polar surface area (TPSA) is 98.9 Å². The van der Waals surface area contributed by atoms with Crippen LogP contribution in [0.3, 0.4) is 0 Å². The first kappa shape index (κ1) is 11.6. The van der Waals surface area contributed by atoms with Gasteiger partial charge in [0.1, 0.15) is 0 Å². The molecule has 0 fully saturated rings. The molecule has 0 saturated carbocycles. The molecule has 0 rings (SSSR count). The molecule has 1 unspecified atom stereocenters. The third kappa shape index (κ3) is 1.67. The second-order valence-corrected chi connectivity index (χ2v) is 4.97. The minimum absolute atomic E-state index is 1.07. The van der Waals surface area contributed by atoms with Crippen LogP contribution in [0.4, 0.5) is 0 Å². The van der Waals surface area contributed by atoms with Crippen molar-refractivity contribution in [3.8, 4) is 0 Å². The van der Waals surface area contributed by atoms with Crippen LogP contribution in [0.2, 0.25) is 0 Å². The average molecular weight is 197 g/mol. The Hall–Kier alpha value is -0.420. The third-order valence-corrected chi connectivity index (χ3v) is 3.77. The first-order valence-corrected chi connectivity index (χ1v) is 4.60. The fraction of sp³-hybridized carbons (Fsp3) is 0.800. The third-order valence-electron chi connectivity index (χ3n) is 1.48. The quantitative estimate of drug-likeness (QED) is 0.626. The fourth-order valence-corrected chi connectivity index (χ4v) is 1.71. The molecular weight excluding hydrogens is 185 g/mol. The summed E-state index contributed by atoms with van der Waals surface area (Å²) >= 11 is 0. The molecule has 0 aromatic heterocycles. The predicted molar refractivity (Wildman–Crippen MR) is 41.9 cm³/mol. The lowest BCUT2D eigenvalue weighted by molar-refractivity contribution is -0.140. The van der Waals surface area contributed by atoms with E-state index in [4.69, 9.17) is 10.8 Å². The Bertz CT molecular complexity index is 218. The number of hydrogen-bond donors (Lipinski definition) is 2. The predicted octanol–water partition coefficient (Wildman–Crippen LogP) is 0.232. The van der Waals surface area contributed by atoms with Gasteiger partial charge in [0.25, 0.3) is 0 Å². The Balaban J connectivity index is 4.98. The van der Waals surface area contributed by atoms with Gasteiger partial charge in [-0.25, -0.2) is 4.79 Å². The normalized spacial score (nSPS) is 17.0. The first-order chi connectivity index (χ1) is 5.31. The van der Waals surface area contributed by atoms with E-state index < -0.39 is 18.8 Å². The van der Waals surface area contributed by atoms with E-state index in [1.165, 1.54) is 0 Å².